The number of aromatic nitrogens is 4. The highest BCUT2D eigenvalue weighted by molar-refractivity contribution is 6.01. The van der Waals surface area contributed by atoms with Crippen molar-refractivity contribution in [2.45, 2.75) is 6.73 Å². The van der Waals surface area contributed by atoms with Gasteiger partial charge < -0.3 is 9.47 Å². The lowest BCUT2D eigenvalue weighted by Gasteiger charge is -2.12. The van der Waals surface area contributed by atoms with Crippen LogP contribution in [0.1, 0.15) is 17.0 Å². The maximum atomic E-state index is 13.5. The van der Waals surface area contributed by atoms with E-state index in [0.717, 1.165) is 0 Å². The molecule has 0 bridgehead atoms. The summed E-state index contributed by atoms with van der Waals surface area (Å²) >= 11 is 0. The highest BCUT2D eigenvalue weighted by Gasteiger charge is 2.17. The summed E-state index contributed by atoms with van der Waals surface area (Å²) in [6.45, 7) is 0.842. The summed E-state index contributed by atoms with van der Waals surface area (Å²) in [6.07, 6.45) is 3.44. The first kappa shape index (κ1) is 22.1. The quantitative estimate of drug-likeness (QED) is 0.214. The van der Waals surface area contributed by atoms with Crippen LogP contribution in [0, 0.1) is 11.6 Å². The normalized spacial score (nSPS) is 11.1. The Labute approximate surface area is 177 Å². The van der Waals surface area contributed by atoms with E-state index in [-0.39, 0.29) is 12.6 Å². The summed E-state index contributed by atoms with van der Waals surface area (Å²) in [4.78, 5) is 12.3. The number of aldehydes is 1. The third kappa shape index (κ3) is 5.97. The lowest BCUT2D eigenvalue weighted by Crippen LogP contribution is -2.10. The summed E-state index contributed by atoms with van der Waals surface area (Å²) < 4.78 is 37.4. The van der Waals surface area contributed by atoms with Crippen LogP contribution in [0.25, 0.3) is 11.1 Å². The molecule has 0 N–H and O–H groups in total. The monoisotopic (exact) mass is 426 g/mol. The van der Waals surface area contributed by atoms with E-state index in [0.29, 0.717) is 41.8 Å². The standard InChI is InChI=1S/C22H20F2N4O3/c1-30-13-14-31-15-28-26-22(25-27-28)20(3-2-12-29)21(16-4-8-18(23)9-5-16)17-6-10-19(24)11-7-17/h2-12H,13-15H2,1H3. The van der Waals surface area contributed by atoms with Gasteiger partial charge in [-0.05, 0) is 52.8 Å². The lowest BCUT2D eigenvalue weighted by atomic mass is 9.92. The number of methoxy groups -OCH3 is 1. The van der Waals surface area contributed by atoms with Crippen molar-refractivity contribution in [2.24, 2.45) is 0 Å². The molecule has 2 aromatic carbocycles. The van der Waals surface area contributed by atoms with Crippen LogP contribution in [0.15, 0.2) is 60.7 Å². The van der Waals surface area contributed by atoms with Crippen molar-refractivity contribution in [3.8, 4) is 0 Å². The second-order valence-electron chi connectivity index (χ2n) is 6.31. The van der Waals surface area contributed by atoms with E-state index < -0.39 is 11.6 Å². The molecule has 160 valence electrons. The van der Waals surface area contributed by atoms with Crippen LogP contribution >= 0.6 is 0 Å². The van der Waals surface area contributed by atoms with Crippen molar-refractivity contribution in [1.29, 1.82) is 0 Å². The van der Waals surface area contributed by atoms with Crippen molar-refractivity contribution in [3.63, 3.8) is 0 Å². The van der Waals surface area contributed by atoms with Crippen molar-refractivity contribution in [2.75, 3.05) is 20.3 Å². The van der Waals surface area contributed by atoms with Crippen LogP contribution < -0.4 is 0 Å². The largest absolute Gasteiger partial charge is 0.382 e. The number of benzene rings is 2. The van der Waals surface area contributed by atoms with E-state index in [1.807, 2.05) is 0 Å². The molecule has 1 heterocycles. The molecular formula is C22H20F2N4O3. The Morgan fingerprint density at radius 3 is 2.16 bits per heavy atom. The second-order valence-corrected chi connectivity index (χ2v) is 6.31. The maximum absolute atomic E-state index is 13.5. The Bertz CT molecular complexity index is 1010. The molecule has 1 aromatic heterocycles. The van der Waals surface area contributed by atoms with E-state index in [1.165, 1.54) is 41.2 Å². The number of ether oxygens (including phenoxy) is 2. The molecule has 0 spiro atoms. The van der Waals surface area contributed by atoms with E-state index in [4.69, 9.17) is 9.47 Å². The molecule has 0 fully saturated rings. The first-order chi connectivity index (χ1) is 15.1. The Morgan fingerprint density at radius 1 is 1.00 bits per heavy atom. The van der Waals surface area contributed by atoms with Gasteiger partial charge in [0.05, 0.1) is 13.2 Å². The van der Waals surface area contributed by atoms with Gasteiger partial charge in [0, 0.05) is 18.3 Å². The molecule has 3 aromatic rings. The lowest BCUT2D eigenvalue weighted by molar-refractivity contribution is -0.104. The first-order valence-electron chi connectivity index (χ1n) is 9.35. The molecule has 3 rings (SSSR count). The molecule has 0 atom stereocenters. The number of hydrogen-bond acceptors (Lipinski definition) is 6. The zero-order valence-corrected chi connectivity index (χ0v) is 16.7. The molecule has 0 aliphatic rings. The van der Waals surface area contributed by atoms with Gasteiger partial charge in [0.1, 0.15) is 17.9 Å². The van der Waals surface area contributed by atoms with Gasteiger partial charge in [0.25, 0.3) is 0 Å². The average molecular weight is 426 g/mol. The van der Waals surface area contributed by atoms with E-state index >= 15 is 0 Å². The van der Waals surface area contributed by atoms with Crippen LogP contribution in [-0.4, -0.2) is 46.8 Å². The number of rotatable bonds is 10. The third-order valence-corrected chi connectivity index (χ3v) is 4.21. The van der Waals surface area contributed by atoms with Crippen LogP contribution in [0.3, 0.4) is 0 Å². The SMILES string of the molecule is COCCOCn1nnc(C(C=CC=O)=C(c2ccc(F)cc2)c2ccc(F)cc2)n1. The molecule has 0 saturated carbocycles. The van der Waals surface area contributed by atoms with Crippen molar-refractivity contribution < 1.29 is 23.0 Å². The molecule has 0 amide bonds. The Balaban J connectivity index is 2.10. The van der Waals surface area contributed by atoms with Crippen LogP contribution in [0.2, 0.25) is 0 Å². The highest BCUT2D eigenvalue weighted by Crippen LogP contribution is 2.32. The molecule has 9 heteroatoms. The number of nitrogens with zero attached hydrogens (tertiary/aromatic N) is 4. The average Bonchev–Trinajstić information content (AvgIpc) is 3.25. The van der Waals surface area contributed by atoms with E-state index in [9.17, 15) is 13.6 Å². The van der Waals surface area contributed by atoms with Gasteiger partial charge in [-0.2, -0.15) is 0 Å². The van der Waals surface area contributed by atoms with Gasteiger partial charge in [-0.1, -0.05) is 24.3 Å². The Hall–Kier alpha value is -3.56. The first-order valence-corrected chi connectivity index (χ1v) is 9.35. The maximum Gasteiger partial charge on any atom is 0.205 e. The summed E-state index contributed by atoms with van der Waals surface area (Å²) in [6, 6.07) is 11.6. The van der Waals surface area contributed by atoms with Crippen LogP contribution in [-0.2, 0) is 21.0 Å². The third-order valence-electron chi connectivity index (χ3n) is 4.21. The highest BCUT2D eigenvalue weighted by atomic mass is 19.1. The minimum absolute atomic E-state index is 0.0590. The Kier molecular flexibility index (Phi) is 7.85. The number of hydrogen-bond donors (Lipinski definition) is 0. The smallest absolute Gasteiger partial charge is 0.205 e. The number of allylic oxidation sites excluding steroid dienone is 3. The van der Waals surface area contributed by atoms with E-state index in [2.05, 4.69) is 15.4 Å². The summed E-state index contributed by atoms with van der Waals surface area (Å²) in [5.41, 5.74) is 2.30. The van der Waals surface area contributed by atoms with Crippen LogP contribution in [0.4, 0.5) is 8.78 Å². The van der Waals surface area contributed by atoms with Gasteiger partial charge in [-0.15, -0.1) is 15.0 Å². The molecule has 0 saturated heterocycles. The van der Waals surface area contributed by atoms with Gasteiger partial charge in [0.15, 0.2) is 6.73 Å². The molecule has 0 aliphatic carbocycles. The fraction of sp³-hybridized carbons (Fsp3) is 0.182. The Morgan fingerprint density at radius 2 is 1.61 bits per heavy atom. The summed E-state index contributed by atoms with van der Waals surface area (Å²) in [7, 11) is 1.57. The number of carbonyl (C=O) groups excluding carboxylic acids is 1. The van der Waals surface area contributed by atoms with E-state index in [1.54, 1.807) is 31.4 Å². The molecule has 31 heavy (non-hydrogen) atoms. The second kappa shape index (κ2) is 11.0. The number of carbonyl (C=O) groups is 1. The topological polar surface area (TPSA) is 79.1 Å². The predicted octanol–water partition coefficient (Wildman–Crippen LogP) is 3.29. The molecular weight excluding hydrogens is 406 g/mol. The zero-order chi connectivity index (χ0) is 22.1. The van der Waals surface area contributed by atoms with Crippen molar-refractivity contribution in [1.82, 2.24) is 20.2 Å². The fourth-order valence-corrected chi connectivity index (χ4v) is 2.81. The number of halogens is 2. The predicted molar refractivity (Wildman–Crippen MR) is 110 cm³/mol. The van der Waals surface area contributed by atoms with Gasteiger partial charge in [-0.3, -0.25) is 4.79 Å². The van der Waals surface area contributed by atoms with Gasteiger partial charge >= 0.3 is 0 Å². The van der Waals surface area contributed by atoms with Crippen molar-refractivity contribution >= 4 is 17.4 Å². The zero-order valence-electron chi connectivity index (χ0n) is 16.7. The minimum atomic E-state index is -0.399. The van der Waals surface area contributed by atoms with Gasteiger partial charge in [-0.25, -0.2) is 8.78 Å². The molecule has 0 unspecified atom stereocenters. The van der Waals surface area contributed by atoms with Crippen molar-refractivity contribution in [3.05, 3.63) is 89.3 Å². The number of tetrazole rings is 1. The van der Waals surface area contributed by atoms with Crippen LogP contribution in [0.5, 0.6) is 0 Å². The summed E-state index contributed by atoms with van der Waals surface area (Å²) in [5, 5.41) is 12.4. The molecule has 7 nitrogen and oxygen atoms in total. The minimum Gasteiger partial charge on any atom is -0.382 e. The molecule has 0 radical (unpaired) electrons. The fourth-order valence-electron chi connectivity index (χ4n) is 2.81. The molecule has 0 aliphatic heterocycles. The van der Waals surface area contributed by atoms with Gasteiger partial charge in [0.2, 0.25) is 5.82 Å². The summed E-state index contributed by atoms with van der Waals surface area (Å²) in [5.74, 6) is -0.578.